The Morgan fingerprint density at radius 1 is 1.30 bits per heavy atom. The quantitative estimate of drug-likeness (QED) is 0.493. The molecule has 1 aromatic carbocycles. The number of rotatable bonds is 5. The highest BCUT2D eigenvalue weighted by atomic mass is 16.2. The molecule has 0 atom stereocenters. The van der Waals surface area contributed by atoms with Gasteiger partial charge in [0.2, 0.25) is 0 Å². The summed E-state index contributed by atoms with van der Waals surface area (Å²) in [5, 5.41) is 0. The van der Waals surface area contributed by atoms with Gasteiger partial charge in [0, 0.05) is 18.2 Å². The van der Waals surface area contributed by atoms with Crippen molar-refractivity contribution in [1.29, 1.82) is 0 Å². The van der Waals surface area contributed by atoms with Gasteiger partial charge in [-0.15, -0.1) is 0 Å². The number of amides is 1. The van der Waals surface area contributed by atoms with E-state index in [1.165, 1.54) is 32.1 Å². The van der Waals surface area contributed by atoms with Crippen molar-refractivity contribution in [2.24, 2.45) is 5.84 Å². The predicted molar refractivity (Wildman–Crippen MR) is 81.1 cm³/mol. The van der Waals surface area contributed by atoms with Crippen LogP contribution < -0.4 is 11.3 Å². The normalized spacial score (nSPS) is 16.4. The van der Waals surface area contributed by atoms with E-state index >= 15 is 0 Å². The van der Waals surface area contributed by atoms with E-state index in [0.717, 1.165) is 18.7 Å². The first kappa shape index (κ1) is 15.0. The Morgan fingerprint density at radius 3 is 2.65 bits per heavy atom. The van der Waals surface area contributed by atoms with Crippen LogP contribution in [-0.4, -0.2) is 23.4 Å². The minimum Gasteiger partial charge on any atom is -0.296 e. The summed E-state index contributed by atoms with van der Waals surface area (Å²) in [6.45, 7) is 4.04. The lowest BCUT2D eigenvalue weighted by molar-refractivity contribution is 0.0949. The summed E-state index contributed by atoms with van der Waals surface area (Å²) in [5.74, 6) is 5.06. The maximum absolute atomic E-state index is 11.8. The van der Waals surface area contributed by atoms with E-state index < -0.39 is 0 Å². The minimum atomic E-state index is -0.208. The highest BCUT2D eigenvalue weighted by Crippen LogP contribution is 2.24. The largest absolute Gasteiger partial charge is 0.296 e. The molecule has 1 aliphatic carbocycles. The lowest BCUT2D eigenvalue weighted by Crippen LogP contribution is -2.37. The molecule has 0 saturated heterocycles. The second-order valence-corrected chi connectivity index (χ2v) is 5.49. The van der Waals surface area contributed by atoms with E-state index in [1.54, 1.807) is 0 Å². The van der Waals surface area contributed by atoms with E-state index in [0.29, 0.717) is 11.6 Å². The molecular weight excluding hydrogens is 250 g/mol. The first-order valence-corrected chi connectivity index (χ1v) is 7.59. The number of nitrogens with zero attached hydrogens (tertiary/aromatic N) is 1. The van der Waals surface area contributed by atoms with Crippen molar-refractivity contribution < 1.29 is 4.79 Å². The number of carbonyl (C=O) groups is 1. The van der Waals surface area contributed by atoms with Crippen molar-refractivity contribution in [2.45, 2.75) is 51.6 Å². The third kappa shape index (κ3) is 3.58. The smallest absolute Gasteiger partial charge is 0.265 e. The van der Waals surface area contributed by atoms with E-state index in [9.17, 15) is 4.79 Å². The number of nitrogens with one attached hydrogen (secondary N) is 1. The molecule has 0 aromatic heterocycles. The van der Waals surface area contributed by atoms with Crippen LogP contribution in [0.25, 0.3) is 0 Å². The van der Waals surface area contributed by atoms with Crippen molar-refractivity contribution in [1.82, 2.24) is 10.3 Å². The molecule has 1 amide bonds. The molecule has 1 aromatic rings. The van der Waals surface area contributed by atoms with Gasteiger partial charge >= 0.3 is 0 Å². The molecule has 0 aliphatic heterocycles. The summed E-state index contributed by atoms with van der Waals surface area (Å²) in [6.07, 6.45) is 6.57. The average Bonchev–Trinajstić information content (AvgIpc) is 2.53. The second kappa shape index (κ2) is 7.41. The van der Waals surface area contributed by atoms with E-state index in [4.69, 9.17) is 5.84 Å². The molecule has 20 heavy (non-hydrogen) atoms. The van der Waals surface area contributed by atoms with Gasteiger partial charge in [-0.25, -0.2) is 5.84 Å². The molecule has 1 fully saturated rings. The molecule has 1 aliphatic rings. The fourth-order valence-corrected chi connectivity index (χ4v) is 3.12. The summed E-state index contributed by atoms with van der Waals surface area (Å²) >= 11 is 0. The van der Waals surface area contributed by atoms with Gasteiger partial charge < -0.3 is 0 Å². The number of nitrogens with two attached hydrogens (primary N) is 1. The van der Waals surface area contributed by atoms with Gasteiger partial charge in [0.15, 0.2) is 0 Å². The van der Waals surface area contributed by atoms with Gasteiger partial charge in [-0.05, 0) is 31.0 Å². The van der Waals surface area contributed by atoms with Crippen LogP contribution in [0.1, 0.15) is 54.9 Å². The van der Waals surface area contributed by atoms with Crippen LogP contribution in [0.5, 0.6) is 0 Å². The molecular formula is C16H25N3O. The second-order valence-electron chi connectivity index (χ2n) is 5.49. The summed E-state index contributed by atoms with van der Waals surface area (Å²) in [4.78, 5) is 14.3. The van der Waals surface area contributed by atoms with Crippen molar-refractivity contribution in [3.63, 3.8) is 0 Å². The molecule has 1 saturated carbocycles. The third-order valence-corrected chi connectivity index (χ3v) is 4.26. The maximum atomic E-state index is 11.8. The van der Waals surface area contributed by atoms with E-state index in [2.05, 4.69) is 17.2 Å². The van der Waals surface area contributed by atoms with Gasteiger partial charge in [-0.2, -0.15) is 0 Å². The fraction of sp³-hybridized carbons (Fsp3) is 0.562. The predicted octanol–water partition coefficient (Wildman–Crippen LogP) is 2.44. The Hall–Kier alpha value is -1.39. The van der Waals surface area contributed by atoms with Crippen LogP contribution in [0.15, 0.2) is 24.3 Å². The standard InChI is InChI=1S/C16H25N3O/c1-2-19(14-9-4-3-5-10-14)12-13-8-6-7-11-15(13)16(20)18-17/h6-8,11,14H,2-5,9-10,12,17H2,1H3,(H,18,20). The number of nitrogen functional groups attached to an aromatic ring is 1. The highest BCUT2D eigenvalue weighted by Gasteiger charge is 2.21. The van der Waals surface area contributed by atoms with Crippen LogP contribution in [0.2, 0.25) is 0 Å². The van der Waals surface area contributed by atoms with Crippen molar-refractivity contribution in [3.8, 4) is 0 Å². The lowest BCUT2D eigenvalue weighted by Gasteiger charge is -2.33. The lowest BCUT2D eigenvalue weighted by atomic mass is 9.93. The number of hydrogen-bond donors (Lipinski definition) is 2. The van der Waals surface area contributed by atoms with E-state index in [1.807, 2.05) is 24.3 Å². The molecule has 3 N–H and O–H groups in total. The zero-order chi connectivity index (χ0) is 14.4. The van der Waals surface area contributed by atoms with Crippen LogP contribution in [0.3, 0.4) is 0 Å². The summed E-state index contributed by atoms with van der Waals surface area (Å²) in [7, 11) is 0. The first-order chi connectivity index (χ1) is 9.76. The van der Waals surface area contributed by atoms with Gasteiger partial charge in [0.1, 0.15) is 0 Å². The Balaban J connectivity index is 2.12. The number of carbonyl (C=O) groups excluding carboxylic acids is 1. The van der Waals surface area contributed by atoms with Gasteiger partial charge in [-0.3, -0.25) is 15.1 Å². The summed E-state index contributed by atoms with van der Waals surface area (Å²) in [5.41, 5.74) is 3.98. The van der Waals surface area contributed by atoms with E-state index in [-0.39, 0.29) is 5.91 Å². The number of hydrogen-bond acceptors (Lipinski definition) is 3. The third-order valence-electron chi connectivity index (χ3n) is 4.26. The van der Waals surface area contributed by atoms with Crippen molar-refractivity contribution >= 4 is 5.91 Å². The van der Waals surface area contributed by atoms with Crippen LogP contribution in [0, 0.1) is 0 Å². The van der Waals surface area contributed by atoms with Gasteiger partial charge in [0.05, 0.1) is 0 Å². The molecule has 0 heterocycles. The topological polar surface area (TPSA) is 58.4 Å². The molecule has 0 unspecified atom stereocenters. The van der Waals surface area contributed by atoms with Crippen LogP contribution in [-0.2, 0) is 6.54 Å². The molecule has 0 spiro atoms. The van der Waals surface area contributed by atoms with Crippen molar-refractivity contribution in [3.05, 3.63) is 35.4 Å². The SMILES string of the molecule is CCN(Cc1ccccc1C(=O)NN)C1CCCCC1. The number of benzene rings is 1. The Morgan fingerprint density at radius 2 is 2.00 bits per heavy atom. The number of hydrazine groups is 1. The van der Waals surface area contributed by atoms with Gasteiger partial charge in [0.25, 0.3) is 5.91 Å². The molecule has 4 nitrogen and oxygen atoms in total. The highest BCUT2D eigenvalue weighted by molar-refractivity contribution is 5.95. The average molecular weight is 275 g/mol. The fourth-order valence-electron chi connectivity index (χ4n) is 3.12. The summed E-state index contributed by atoms with van der Waals surface area (Å²) in [6, 6.07) is 8.38. The monoisotopic (exact) mass is 275 g/mol. The Labute approximate surface area is 121 Å². The van der Waals surface area contributed by atoms with Gasteiger partial charge in [-0.1, -0.05) is 44.4 Å². The van der Waals surface area contributed by atoms with Crippen LogP contribution >= 0.6 is 0 Å². The molecule has 110 valence electrons. The Kier molecular flexibility index (Phi) is 5.56. The zero-order valence-electron chi connectivity index (χ0n) is 12.3. The van der Waals surface area contributed by atoms with Crippen molar-refractivity contribution in [2.75, 3.05) is 6.54 Å². The molecule has 0 bridgehead atoms. The molecule has 2 rings (SSSR count). The minimum absolute atomic E-state index is 0.208. The van der Waals surface area contributed by atoms with Crippen LogP contribution in [0.4, 0.5) is 0 Å². The first-order valence-electron chi connectivity index (χ1n) is 7.59. The maximum Gasteiger partial charge on any atom is 0.265 e. The summed E-state index contributed by atoms with van der Waals surface area (Å²) < 4.78 is 0. The Bertz CT molecular complexity index is 441. The molecule has 4 heteroatoms. The molecule has 0 radical (unpaired) electrons. The zero-order valence-corrected chi connectivity index (χ0v) is 12.3.